The predicted molar refractivity (Wildman–Crippen MR) is 57.3 cm³/mol. The minimum Gasteiger partial charge on any atom is -0.258 e. The van der Waals surface area contributed by atoms with Crippen molar-refractivity contribution in [3.8, 4) is 0 Å². The lowest BCUT2D eigenvalue weighted by Gasteiger charge is -1.98. The Morgan fingerprint density at radius 1 is 0.938 bits per heavy atom. The van der Waals surface area contributed by atoms with Gasteiger partial charge in [0.25, 0.3) is 11.4 Å². The number of hydrogen-bond acceptors (Lipinski definition) is 4. The summed E-state index contributed by atoms with van der Waals surface area (Å²) in [5.41, 5.74) is -0.125. The molecular formula is C10H6N2O4. The van der Waals surface area contributed by atoms with E-state index in [0.29, 0.717) is 10.8 Å². The number of nitro benzene ring substituents is 2. The zero-order valence-corrected chi connectivity index (χ0v) is 7.99. The molecule has 0 bridgehead atoms. The molecule has 6 heteroatoms. The van der Waals surface area contributed by atoms with Crippen LogP contribution in [0.5, 0.6) is 0 Å². The summed E-state index contributed by atoms with van der Waals surface area (Å²) >= 11 is 0. The van der Waals surface area contributed by atoms with Gasteiger partial charge in [0.1, 0.15) is 0 Å². The molecule has 2 aromatic rings. The molecule has 0 saturated heterocycles. The highest BCUT2D eigenvalue weighted by atomic mass is 16.6. The van der Waals surface area contributed by atoms with E-state index >= 15 is 0 Å². The van der Waals surface area contributed by atoms with Gasteiger partial charge < -0.3 is 0 Å². The predicted octanol–water partition coefficient (Wildman–Crippen LogP) is 2.66. The molecule has 0 amide bonds. The number of non-ortho nitro benzene ring substituents is 2. The second-order valence-electron chi connectivity index (χ2n) is 3.20. The molecule has 0 aliphatic rings. The third-order valence-electron chi connectivity index (χ3n) is 2.25. The summed E-state index contributed by atoms with van der Waals surface area (Å²) in [5.74, 6) is 0. The van der Waals surface area contributed by atoms with Gasteiger partial charge in [-0.1, -0.05) is 12.1 Å². The van der Waals surface area contributed by atoms with Crippen molar-refractivity contribution in [1.82, 2.24) is 0 Å². The van der Waals surface area contributed by atoms with Gasteiger partial charge in [0.2, 0.25) is 0 Å². The van der Waals surface area contributed by atoms with Crippen molar-refractivity contribution in [2.24, 2.45) is 0 Å². The van der Waals surface area contributed by atoms with E-state index in [0.717, 1.165) is 0 Å². The Bertz CT molecular complexity index is 594. The molecule has 0 atom stereocenters. The van der Waals surface area contributed by atoms with E-state index < -0.39 is 9.85 Å². The molecule has 0 fully saturated rings. The lowest BCUT2D eigenvalue weighted by atomic mass is 10.1. The SMILES string of the molecule is O=[N+]([O-])c1ccc2c([N+](=O)[O-])cccc2c1. The van der Waals surface area contributed by atoms with Crippen molar-refractivity contribution < 1.29 is 9.85 Å². The van der Waals surface area contributed by atoms with Crippen molar-refractivity contribution >= 4 is 22.1 Å². The third-order valence-corrected chi connectivity index (χ3v) is 2.25. The van der Waals surface area contributed by atoms with Crippen LogP contribution in [0.2, 0.25) is 0 Å². The van der Waals surface area contributed by atoms with E-state index in [2.05, 4.69) is 0 Å². The van der Waals surface area contributed by atoms with Crippen LogP contribution in [0, 0.1) is 20.2 Å². The second kappa shape index (κ2) is 3.58. The fourth-order valence-corrected chi connectivity index (χ4v) is 1.53. The van der Waals surface area contributed by atoms with Crippen LogP contribution >= 0.6 is 0 Å². The molecule has 0 spiro atoms. The number of benzene rings is 2. The molecule has 0 N–H and O–H groups in total. The Kier molecular flexibility index (Phi) is 2.24. The first-order valence-electron chi connectivity index (χ1n) is 4.41. The summed E-state index contributed by atoms with van der Waals surface area (Å²) in [4.78, 5) is 20.2. The zero-order valence-electron chi connectivity index (χ0n) is 7.99. The van der Waals surface area contributed by atoms with Gasteiger partial charge >= 0.3 is 0 Å². The van der Waals surface area contributed by atoms with E-state index in [9.17, 15) is 20.2 Å². The molecule has 16 heavy (non-hydrogen) atoms. The van der Waals surface area contributed by atoms with Gasteiger partial charge in [0.05, 0.1) is 15.2 Å². The summed E-state index contributed by atoms with van der Waals surface area (Å²) in [5, 5.41) is 22.1. The van der Waals surface area contributed by atoms with Crippen LogP contribution in [0.1, 0.15) is 0 Å². The molecular weight excluding hydrogens is 212 g/mol. The van der Waals surface area contributed by atoms with E-state index in [-0.39, 0.29) is 11.4 Å². The molecule has 2 aromatic carbocycles. The van der Waals surface area contributed by atoms with Crippen molar-refractivity contribution in [2.45, 2.75) is 0 Å². The maximum absolute atomic E-state index is 10.7. The normalized spacial score (nSPS) is 10.2. The fraction of sp³-hybridized carbons (Fsp3) is 0. The number of hydrogen-bond donors (Lipinski definition) is 0. The van der Waals surface area contributed by atoms with Crippen molar-refractivity contribution in [3.63, 3.8) is 0 Å². The first-order valence-corrected chi connectivity index (χ1v) is 4.41. The average molecular weight is 218 g/mol. The van der Waals surface area contributed by atoms with Crippen LogP contribution in [-0.2, 0) is 0 Å². The van der Waals surface area contributed by atoms with Crippen molar-refractivity contribution in [1.29, 1.82) is 0 Å². The largest absolute Gasteiger partial charge is 0.277 e. The van der Waals surface area contributed by atoms with E-state index in [1.165, 1.54) is 30.3 Å². The molecule has 6 nitrogen and oxygen atoms in total. The highest BCUT2D eigenvalue weighted by Gasteiger charge is 2.13. The van der Waals surface area contributed by atoms with Gasteiger partial charge in [-0.25, -0.2) is 0 Å². The molecule has 0 unspecified atom stereocenters. The monoisotopic (exact) mass is 218 g/mol. The summed E-state index contributed by atoms with van der Waals surface area (Å²) < 4.78 is 0. The molecule has 0 aliphatic carbocycles. The minimum atomic E-state index is -0.529. The van der Waals surface area contributed by atoms with Crippen molar-refractivity contribution in [3.05, 3.63) is 56.6 Å². The summed E-state index contributed by atoms with van der Waals surface area (Å²) in [7, 11) is 0. The third kappa shape index (κ3) is 1.56. The minimum absolute atomic E-state index is 0.0487. The maximum atomic E-state index is 10.7. The van der Waals surface area contributed by atoms with Gasteiger partial charge in [0.15, 0.2) is 0 Å². The summed E-state index contributed by atoms with van der Waals surface area (Å²) in [6.45, 7) is 0. The number of fused-ring (bicyclic) bond motifs is 1. The average Bonchev–Trinajstić information content (AvgIpc) is 2.27. The first-order chi connectivity index (χ1) is 7.59. The van der Waals surface area contributed by atoms with Crippen LogP contribution in [0.25, 0.3) is 10.8 Å². The Morgan fingerprint density at radius 3 is 2.31 bits per heavy atom. The number of nitrogens with zero attached hydrogens (tertiary/aromatic N) is 2. The Morgan fingerprint density at radius 2 is 1.69 bits per heavy atom. The van der Waals surface area contributed by atoms with Crippen LogP contribution in [-0.4, -0.2) is 9.85 Å². The van der Waals surface area contributed by atoms with Gasteiger partial charge in [0, 0.05) is 18.2 Å². The molecule has 80 valence electrons. The van der Waals surface area contributed by atoms with Gasteiger partial charge in [-0.3, -0.25) is 20.2 Å². The highest BCUT2D eigenvalue weighted by molar-refractivity contribution is 5.92. The topological polar surface area (TPSA) is 86.3 Å². The summed E-state index contributed by atoms with van der Waals surface area (Å²) in [6.07, 6.45) is 0. The van der Waals surface area contributed by atoms with Crippen LogP contribution in [0.15, 0.2) is 36.4 Å². The highest BCUT2D eigenvalue weighted by Crippen LogP contribution is 2.28. The molecule has 0 aromatic heterocycles. The van der Waals surface area contributed by atoms with E-state index in [4.69, 9.17) is 0 Å². The lowest BCUT2D eigenvalue weighted by Crippen LogP contribution is -1.91. The van der Waals surface area contributed by atoms with Gasteiger partial charge in [-0.2, -0.15) is 0 Å². The molecule has 2 rings (SSSR count). The van der Waals surface area contributed by atoms with E-state index in [1.54, 1.807) is 6.07 Å². The van der Waals surface area contributed by atoms with E-state index in [1.807, 2.05) is 0 Å². The maximum Gasteiger partial charge on any atom is 0.277 e. The Balaban J connectivity index is 2.73. The lowest BCUT2D eigenvalue weighted by molar-refractivity contribution is -0.385. The standard InChI is InChI=1S/C10H6N2O4/c13-11(14)8-4-5-9-7(6-8)2-1-3-10(9)12(15)16/h1-6H. The Hall–Kier alpha value is -2.50. The zero-order chi connectivity index (χ0) is 11.7. The number of rotatable bonds is 2. The quantitative estimate of drug-likeness (QED) is 0.572. The molecule has 0 aliphatic heterocycles. The van der Waals surface area contributed by atoms with Crippen LogP contribution in [0.3, 0.4) is 0 Å². The van der Waals surface area contributed by atoms with Gasteiger partial charge in [-0.15, -0.1) is 0 Å². The Labute approximate surface area is 89.4 Å². The number of nitro groups is 2. The van der Waals surface area contributed by atoms with Crippen molar-refractivity contribution in [2.75, 3.05) is 0 Å². The first kappa shape index (κ1) is 10.0. The van der Waals surface area contributed by atoms with Gasteiger partial charge in [-0.05, 0) is 11.5 Å². The smallest absolute Gasteiger partial charge is 0.258 e. The second-order valence-corrected chi connectivity index (χ2v) is 3.20. The van der Waals surface area contributed by atoms with Crippen LogP contribution < -0.4 is 0 Å². The molecule has 0 heterocycles. The fourth-order valence-electron chi connectivity index (χ4n) is 1.53. The molecule has 0 radical (unpaired) electrons. The van der Waals surface area contributed by atoms with Crippen LogP contribution in [0.4, 0.5) is 11.4 Å². The molecule has 0 saturated carbocycles. The summed E-state index contributed by atoms with van der Waals surface area (Å²) in [6, 6.07) is 8.46.